The number of nitrogens with zero attached hydrogens (tertiary/aromatic N) is 3. The zero-order chi connectivity index (χ0) is 18.0. The lowest BCUT2D eigenvalue weighted by atomic mass is 9.91. The lowest BCUT2D eigenvalue weighted by molar-refractivity contribution is 0.100. The quantitative estimate of drug-likeness (QED) is 0.640. The summed E-state index contributed by atoms with van der Waals surface area (Å²) >= 11 is 0. The summed E-state index contributed by atoms with van der Waals surface area (Å²) < 4.78 is 15.5. The van der Waals surface area contributed by atoms with Gasteiger partial charge in [-0.3, -0.25) is 14.5 Å². The molecule has 2 unspecified atom stereocenters. The van der Waals surface area contributed by atoms with Crippen LogP contribution in [0.25, 0.3) is 0 Å². The van der Waals surface area contributed by atoms with Crippen LogP contribution in [0, 0.1) is 5.82 Å². The molecule has 9 heteroatoms. The largest absolute Gasteiger partial charge is 0.365 e. The van der Waals surface area contributed by atoms with Crippen molar-refractivity contribution in [3.05, 3.63) is 35.5 Å². The number of nitrogens with one attached hydrogen (secondary N) is 1. The molecule has 0 spiro atoms. The fourth-order valence-electron chi connectivity index (χ4n) is 3.12. The first-order chi connectivity index (χ1) is 12.0. The number of halogens is 1. The lowest BCUT2D eigenvalue weighted by Crippen LogP contribution is -2.35. The fourth-order valence-corrected chi connectivity index (χ4v) is 3.12. The molecule has 7 N–H and O–H groups in total. The summed E-state index contributed by atoms with van der Waals surface area (Å²) in [4.78, 5) is 15.7. The normalized spacial score (nSPS) is 20.4. The number of nitrogens with two attached hydrogens (primary N) is 3. The summed E-state index contributed by atoms with van der Waals surface area (Å²) in [5, 5.41) is 7.33. The number of carbonyl (C=O) groups is 1. The number of aromatic nitrogens is 3. The molecular weight excluding hydrogens is 325 g/mol. The van der Waals surface area contributed by atoms with Gasteiger partial charge in [0.15, 0.2) is 5.82 Å². The SMILES string of the molecule is NCc1ncc(Nc2nn(C3CCCCC3N)cc2C(N)=O)cc1F. The van der Waals surface area contributed by atoms with Gasteiger partial charge in [0.05, 0.1) is 23.6 Å². The fraction of sp³-hybridized carbons (Fsp3) is 0.438. The summed E-state index contributed by atoms with van der Waals surface area (Å²) in [7, 11) is 0. The summed E-state index contributed by atoms with van der Waals surface area (Å²) in [5.41, 5.74) is 17.8. The number of carbonyl (C=O) groups excluding carboxylic acids is 1. The number of anilines is 2. The Hall–Kier alpha value is -2.52. The monoisotopic (exact) mass is 347 g/mol. The average molecular weight is 347 g/mol. The minimum absolute atomic E-state index is 0.00679. The zero-order valence-electron chi connectivity index (χ0n) is 13.8. The molecule has 2 atom stereocenters. The van der Waals surface area contributed by atoms with Crippen molar-refractivity contribution >= 4 is 17.4 Å². The van der Waals surface area contributed by atoms with E-state index >= 15 is 0 Å². The average Bonchev–Trinajstić information content (AvgIpc) is 2.99. The van der Waals surface area contributed by atoms with Crippen LogP contribution in [0.4, 0.5) is 15.9 Å². The number of amides is 1. The maximum absolute atomic E-state index is 13.8. The van der Waals surface area contributed by atoms with Crippen LogP contribution >= 0.6 is 0 Å². The molecule has 1 saturated carbocycles. The van der Waals surface area contributed by atoms with E-state index in [0.717, 1.165) is 25.7 Å². The van der Waals surface area contributed by atoms with Crippen LogP contribution in [0.5, 0.6) is 0 Å². The Kier molecular flexibility index (Phi) is 4.95. The molecule has 2 heterocycles. The highest BCUT2D eigenvalue weighted by atomic mass is 19.1. The molecule has 3 rings (SSSR count). The van der Waals surface area contributed by atoms with Gasteiger partial charge >= 0.3 is 0 Å². The maximum Gasteiger partial charge on any atom is 0.254 e. The molecule has 1 fully saturated rings. The van der Waals surface area contributed by atoms with Crippen LogP contribution in [0.1, 0.15) is 47.8 Å². The van der Waals surface area contributed by atoms with Gasteiger partial charge in [-0.2, -0.15) is 5.10 Å². The van der Waals surface area contributed by atoms with Crippen LogP contribution in [0.2, 0.25) is 0 Å². The third-order valence-electron chi connectivity index (χ3n) is 4.49. The van der Waals surface area contributed by atoms with E-state index in [1.807, 2.05) is 0 Å². The van der Waals surface area contributed by atoms with Crippen molar-refractivity contribution in [1.29, 1.82) is 0 Å². The van der Waals surface area contributed by atoms with Gasteiger partial charge in [-0.15, -0.1) is 0 Å². The van der Waals surface area contributed by atoms with E-state index in [-0.39, 0.29) is 35.7 Å². The van der Waals surface area contributed by atoms with E-state index in [9.17, 15) is 9.18 Å². The topological polar surface area (TPSA) is 138 Å². The molecule has 0 saturated heterocycles. The van der Waals surface area contributed by atoms with E-state index in [1.54, 1.807) is 10.9 Å². The maximum atomic E-state index is 13.8. The van der Waals surface area contributed by atoms with E-state index in [1.165, 1.54) is 12.3 Å². The molecule has 8 nitrogen and oxygen atoms in total. The highest BCUT2D eigenvalue weighted by molar-refractivity contribution is 5.98. The molecule has 1 aliphatic carbocycles. The molecule has 1 aliphatic rings. The molecule has 0 bridgehead atoms. The molecule has 0 aliphatic heterocycles. The van der Waals surface area contributed by atoms with Crippen molar-refractivity contribution < 1.29 is 9.18 Å². The Balaban J connectivity index is 1.89. The van der Waals surface area contributed by atoms with Crippen LogP contribution < -0.4 is 22.5 Å². The van der Waals surface area contributed by atoms with Crippen molar-refractivity contribution in [3.8, 4) is 0 Å². The Morgan fingerprint density at radius 3 is 2.80 bits per heavy atom. The van der Waals surface area contributed by atoms with Crippen molar-refractivity contribution in [2.75, 3.05) is 5.32 Å². The van der Waals surface area contributed by atoms with Crippen LogP contribution in [0.15, 0.2) is 18.5 Å². The second kappa shape index (κ2) is 7.16. The van der Waals surface area contributed by atoms with E-state index < -0.39 is 11.7 Å². The van der Waals surface area contributed by atoms with Gasteiger partial charge in [0.2, 0.25) is 0 Å². The van der Waals surface area contributed by atoms with E-state index in [4.69, 9.17) is 17.2 Å². The highest BCUT2D eigenvalue weighted by Crippen LogP contribution is 2.29. The number of rotatable bonds is 5. The molecular formula is C16H22FN7O. The number of pyridine rings is 1. The van der Waals surface area contributed by atoms with Gasteiger partial charge in [0.1, 0.15) is 11.4 Å². The van der Waals surface area contributed by atoms with Gasteiger partial charge in [-0.1, -0.05) is 12.8 Å². The Morgan fingerprint density at radius 2 is 2.16 bits per heavy atom. The van der Waals surface area contributed by atoms with Crippen LogP contribution in [-0.4, -0.2) is 26.7 Å². The molecule has 2 aromatic heterocycles. The highest BCUT2D eigenvalue weighted by Gasteiger charge is 2.26. The minimum Gasteiger partial charge on any atom is -0.365 e. The predicted molar refractivity (Wildman–Crippen MR) is 91.6 cm³/mol. The van der Waals surface area contributed by atoms with Crippen molar-refractivity contribution in [3.63, 3.8) is 0 Å². The first kappa shape index (κ1) is 17.3. The van der Waals surface area contributed by atoms with Gasteiger partial charge < -0.3 is 22.5 Å². The van der Waals surface area contributed by atoms with Gasteiger partial charge in [-0.05, 0) is 12.8 Å². The second-order valence-electron chi connectivity index (χ2n) is 6.23. The smallest absolute Gasteiger partial charge is 0.254 e. The molecule has 25 heavy (non-hydrogen) atoms. The number of hydrogen-bond acceptors (Lipinski definition) is 6. The Labute approximate surface area is 144 Å². The van der Waals surface area contributed by atoms with Crippen LogP contribution in [-0.2, 0) is 6.54 Å². The summed E-state index contributed by atoms with van der Waals surface area (Å²) in [6.07, 6.45) is 6.98. The Bertz CT molecular complexity index is 776. The third-order valence-corrected chi connectivity index (χ3v) is 4.49. The first-order valence-corrected chi connectivity index (χ1v) is 8.25. The molecule has 0 radical (unpaired) electrons. The number of primary amides is 1. The lowest BCUT2D eigenvalue weighted by Gasteiger charge is -2.28. The summed E-state index contributed by atoms with van der Waals surface area (Å²) in [6, 6.07) is 1.24. The zero-order valence-corrected chi connectivity index (χ0v) is 13.8. The van der Waals surface area contributed by atoms with Gasteiger partial charge in [0.25, 0.3) is 5.91 Å². The number of hydrogen-bond donors (Lipinski definition) is 4. The van der Waals surface area contributed by atoms with Crippen molar-refractivity contribution in [2.24, 2.45) is 17.2 Å². The molecule has 134 valence electrons. The van der Waals surface area contributed by atoms with Gasteiger partial charge in [-0.25, -0.2) is 4.39 Å². The van der Waals surface area contributed by atoms with E-state index in [2.05, 4.69) is 15.4 Å². The van der Waals surface area contributed by atoms with Gasteiger partial charge in [0, 0.05) is 24.8 Å². The molecule has 1 amide bonds. The third kappa shape index (κ3) is 3.62. The van der Waals surface area contributed by atoms with Crippen molar-refractivity contribution in [2.45, 2.75) is 44.3 Å². The Morgan fingerprint density at radius 1 is 1.40 bits per heavy atom. The standard InChI is InChI=1S/C16H22FN7O/c17-11-5-9(7-21-13(11)6-18)22-16-10(15(20)25)8-24(23-16)14-4-2-1-3-12(14)19/h5,7-8,12,14H,1-4,6,18-19H2,(H2,20,25)(H,22,23). The summed E-state index contributed by atoms with van der Waals surface area (Å²) in [6.45, 7) is 0.00679. The van der Waals surface area contributed by atoms with Crippen LogP contribution in [0.3, 0.4) is 0 Å². The van der Waals surface area contributed by atoms with Crippen molar-refractivity contribution in [1.82, 2.24) is 14.8 Å². The predicted octanol–water partition coefficient (Wildman–Crippen LogP) is 1.16. The van der Waals surface area contributed by atoms with E-state index in [0.29, 0.717) is 5.69 Å². The first-order valence-electron chi connectivity index (χ1n) is 8.25. The molecule has 0 aromatic carbocycles. The minimum atomic E-state index is -0.620. The second-order valence-corrected chi connectivity index (χ2v) is 6.23. The molecule has 2 aromatic rings. The summed E-state index contributed by atoms with van der Waals surface area (Å²) in [5.74, 6) is -0.890.